The van der Waals surface area contributed by atoms with E-state index in [1.165, 1.54) is 6.42 Å². The molecule has 2 aromatic heterocycles. The van der Waals surface area contributed by atoms with E-state index in [2.05, 4.69) is 10.3 Å². The summed E-state index contributed by atoms with van der Waals surface area (Å²) in [6, 6.07) is 7.16. The highest BCUT2D eigenvalue weighted by molar-refractivity contribution is 5.37. The van der Waals surface area contributed by atoms with Crippen LogP contribution < -0.4 is 10.9 Å². The number of nitrogens with zero attached hydrogens (tertiary/aromatic N) is 2. The average molecular weight is 273 g/mol. The fraction of sp³-hybridized carbons (Fsp3) is 0.467. The summed E-state index contributed by atoms with van der Waals surface area (Å²) in [5.74, 6) is 0.574. The first-order valence-electron chi connectivity index (χ1n) is 7.09. The van der Waals surface area contributed by atoms with Gasteiger partial charge in [-0.1, -0.05) is 6.07 Å². The Morgan fingerprint density at radius 2 is 2.40 bits per heavy atom. The first kappa shape index (κ1) is 13.3. The topological polar surface area (TPSA) is 55.6 Å². The molecule has 20 heavy (non-hydrogen) atoms. The van der Waals surface area contributed by atoms with E-state index in [0.29, 0.717) is 18.1 Å². The highest BCUT2D eigenvalue weighted by atomic mass is 16.5. The SMILES string of the molecule is O=c1cc(CNCC2CCCOC2)nc2ccccn12. The van der Waals surface area contributed by atoms with Crippen LogP contribution in [0.2, 0.25) is 0 Å². The third-order valence-corrected chi connectivity index (χ3v) is 3.62. The van der Waals surface area contributed by atoms with Crippen molar-refractivity contribution in [1.29, 1.82) is 0 Å². The van der Waals surface area contributed by atoms with Gasteiger partial charge in [0.15, 0.2) is 0 Å². The van der Waals surface area contributed by atoms with Crippen LogP contribution in [0.4, 0.5) is 0 Å². The minimum Gasteiger partial charge on any atom is -0.381 e. The van der Waals surface area contributed by atoms with Crippen molar-refractivity contribution in [2.24, 2.45) is 5.92 Å². The second-order valence-corrected chi connectivity index (χ2v) is 5.23. The van der Waals surface area contributed by atoms with Gasteiger partial charge in [-0.05, 0) is 30.9 Å². The molecule has 1 fully saturated rings. The molecular formula is C15H19N3O2. The quantitative estimate of drug-likeness (QED) is 0.910. The molecule has 1 saturated heterocycles. The zero-order chi connectivity index (χ0) is 13.8. The van der Waals surface area contributed by atoms with Crippen LogP contribution in [-0.2, 0) is 11.3 Å². The van der Waals surface area contributed by atoms with Gasteiger partial charge < -0.3 is 10.1 Å². The number of pyridine rings is 1. The fourth-order valence-electron chi connectivity index (χ4n) is 2.57. The molecule has 0 spiro atoms. The standard InChI is InChI=1S/C15H19N3O2/c19-15-8-13(17-14-5-1-2-6-18(14)15)10-16-9-12-4-3-7-20-11-12/h1-2,5-6,8,12,16H,3-4,7,9-11H2. The predicted molar refractivity (Wildman–Crippen MR) is 76.7 cm³/mol. The lowest BCUT2D eigenvalue weighted by atomic mass is 10.0. The van der Waals surface area contributed by atoms with Crippen LogP contribution in [0.25, 0.3) is 5.65 Å². The summed E-state index contributed by atoms with van der Waals surface area (Å²) >= 11 is 0. The molecule has 0 aromatic carbocycles. The highest BCUT2D eigenvalue weighted by Gasteiger charge is 2.13. The Hall–Kier alpha value is -1.72. The highest BCUT2D eigenvalue weighted by Crippen LogP contribution is 2.12. The third-order valence-electron chi connectivity index (χ3n) is 3.62. The van der Waals surface area contributed by atoms with Crippen molar-refractivity contribution in [3.63, 3.8) is 0 Å². The lowest BCUT2D eigenvalue weighted by molar-refractivity contribution is 0.0547. The Kier molecular flexibility index (Phi) is 4.08. The molecule has 1 N–H and O–H groups in total. The maximum absolute atomic E-state index is 11.9. The smallest absolute Gasteiger partial charge is 0.258 e. The summed E-state index contributed by atoms with van der Waals surface area (Å²) < 4.78 is 7.01. The Morgan fingerprint density at radius 1 is 1.45 bits per heavy atom. The molecular weight excluding hydrogens is 254 g/mol. The van der Waals surface area contributed by atoms with Crippen LogP contribution in [0.1, 0.15) is 18.5 Å². The third kappa shape index (κ3) is 3.05. The van der Waals surface area contributed by atoms with Crippen molar-refractivity contribution in [2.45, 2.75) is 19.4 Å². The number of nitrogens with one attached hydrogen (secondary N) is 1. The van der Waals surface area contributed by atoms with Gasteiger partial charge in [0.1, 0.15) is 5.65 Å². The van der Waals surface area contributed by atoms with Gasteiger partial charge in [0.05, 0.1) is 12.3 Å². The van der Waals surface area contributed by atoms with Gasteiger partial charge in [-0.2, -0.15) is 0 Å². The van der Waals surface area contributed by atoms with Crippen molar-refractivity contribution >= 4 is 5.65 Å². The number of rotatable bonds is 4. The molecule has 3 heterocycles. The predicted octanol–water partition coefficient (Wildman–Crippen LogP) is 1.21. The zero-order valence-electron chi connectivity index (χ0n) is 11.4. The molecule has 1 aliphatic heterocycles. The van der Waals surface area contributed by atoms with E-state index in [-0.39, 0.29) is 5.56 Å². The van der Waals surface area contributed by atoms with Gasteiger partial charge in [0.25, 0.3) is 5.56 Å². The summed E-state index contributed by atoms with van der Waals surface area (Å²) in [7, 11) is 0. The molecule has 5 nitrogen and oxygen atoms in total. The lowest BCUT2D eigenvalue weighted by Crippen LogP contribution is -2.29. The minimum absolute atomic E-state index is 0.0339. The molecule has 0 aliphatic carbocycles. The zero-order valence-corrected chi connectivity index (χ0v) is 11.4. The van der Waals surface area contributed by atoms with Gasteiger partial charge in [-0.3, -0.25) is 9.20 Å². The molecule has 0 amide bonds. The number of hydrogen-bond acceptors (Lipinski definition) is 4. The molecule has 0 bridgehead atoms. The molecule has 0 saturated carbocycles. The number of aromatic nitrogens is 2. The van der Waals surface area contributed by atoms with E-state index in [1.807, 2.05) is 18.2 Å². The number of fused-ring (bicyclic) bond motifs is 1. The lowest BCUT2D eigenvalue weighted by Gasteiger charge is -2.22. The van der Waals surface area contributed by atoms with Crippen LogP contribution in [-0.4, -0.2) is 29.1 Å². The van der Waals surface area contributed by atoms with Crippen molar-refractivity contribution in [3.8, 4) is 0 Å². The Bertz CT molecular complexity index is 632. The Balaban J connectivity index is 1.64. The maximum atomic E-state index is 11.9. The van der Waals surface area contributed by atoms with Crippen LogP contribution in [0.3, 0.4) is 0 Å². The van der Waals surface area contributed by atoms with Gasteiger partial charge in [0.2, 0.25) is 0 Å². The molecule has 1 unspecified atom stereocenters. The summed E-state index contributed by atoms with van der Waals surface area (Å²) in [5.41, 5.74) is 1.45. The monoisotopic (exact) mass is 273 g/mol. The summed E-state index contributed by atoms with van der Waals surface area (Å²) in [6.45, 7) is 3.26. The van der Waals surface area contributed by atoms with Crippen molar-refractivity contribution in [3.05, 3.63) is 46.5 Å². The van der Waals surface area contributed by atoms with Gasteiger partial charge in [0, 0.05) is 32.0 Å². The molecule has 5 heteroatoms. The Labute approximate surface area is 117 Å². The fourth-order valence-corrected chi connectivity index (χ4v) is 2.57. The normalized spacial score (nSPS) is 19.3. The van der Waals surface area contributed by atoms with Crippen molar-refractivity contribution in [1.82, 2.24) is 14.7 Å². The molecule has 1 aliphatic rings. The number of ether oxygens (including phenoxy) is 1. The van der Waals surface area contributed by atoms with Crippen molar-refractivity contribution in [2.75, 3.05) is 19.8 Å². The first-order chi connectivity index (χ1) is 9.83. The first-order valence-corrected chi connectivity index (χ1v) is 7.09. The van der Waals surface area contributed by atoms with Gasteiger partial charge in [-0.25, -0.2) is 4.98 Å². The van der Waals surface area contributed by atoms with Crippen LogP contribution in [0.15, 0.2) is 35.3 Å². The van der Waals surface area contributed by atoms with Crippen LogP contribution in [0.5, 0.6) is 0 Å². The molecule has 0 radical (unpaired) electrons. The molecule has 106 valence electrons. The van der Waals surface area contributed by atoms with E-state index < -0.39 is 0 Å². The van der Waals surface area contributed by atoms with E-state index in [4.69, 9.17) is 4.74 Å². The van der Waals surface area contributed by atoms with Gasteiger partial charge >= 0.3 is 0 Å². The number of hydrogen-bond donors (Lipinski definition) is 1. The van der Waals surface area contributed by atoms with E-state index >= 15 is 0 Å². The van der Waals surface area contributed by atoms with E-state index in [0.717, 1.165) is 31.9 Å². The molecule has 1 atom stereocenters. The summed E-state index contributed by atoms with van der Waals surface area (Å²) in [6.07, 6.45) is 4.09. The van der Waals surface area contributed by atoms with E-state index in [9.17, 15) is 4.79 Å². The second kappa shape index (κ2) is 6.15. The Morgan fingerprint density at radius 3 is 3.25 bits per heavy atom. The minimum atomic E-state index is -0.0339. The maximum Gasteiger partial charge on any atom is 0.258 e. The largest absolute Gasteiger partial charge is 0.381 e. The van der Waals surface area contributed by atoms with Crippen LogP contribution in [0, 0.1) is 5.92 Å². The molecule has 3 rings (SSSR count). The second-order valence-electron chi connectivity index (χ2n) is 5.23. The van der Waals surface area contributed by atoms with Crippen molar-refractivity contribution < 1.29 is 4.74 Å². The average Bonchev–Trinajstić information content (AvgIpc) is 2.48. The molecule has 2 aromatic rings. The summed E-state index contributed by atoms with van der Waals surface area (Å²) in [4.78, 5) is 16.4. The van der Waals surface area contributed by atoms with E-state index in [1.54, 1.807) is 16.7 Å². The van der Waals surface area contributed by atoms with Crippen LogP contribution >= 0.6 is 0 Å². The summed E-state index contributed by atoms with van der Waals surface area (Å²) in [5, 5.41) is 3.37. The van der Waals surface area contributed by atoms with Gasteiger partial charge in [-0.15, -0.1) is 0 Å².